The highest BCUT2D eigenvalue weighted by atomic mass is 19.1. The van der Waals surface area contributed by atoms with Crippen LogP contribution >= 0.6 is 0 Å². The van der Waals surface area contributed by atoms with Crippen molar-refractivity contribution in [3.05, 3.63) is 95.6 Å². The van der Waals surface area contributed by atoms with Crippen LogP contribution in [0, 0.1) is 12.7 Å². The van der Waals surface area contributed by atoms with Gasteiger partial charge in [-0.15, -0.1) is 0 Å². The second kappa shape index (κ2) is 8.06. The lowest BCUT2D eigenvalue weighted by molar-refractivity contribution is 0.0950. The number of halogens is 1. The number of carbonyl (C=O) groups is 1. The predicted molar refractivity (Wildman–Crippen MR) is 108 cm³/mol. The lowest BCUT2D eigenvalue weighted by Gasteiger charge is -2.12. The van der Waals surface area contributed by atoms with Gasteiger partial charge in [-0.1, -0.05) is 30.3 Å². The van der Waals surface area contributed by atoms with E-state index in [2.05, 4.69) is 15.3 Å². The van der Waals surface area contributed by atoms with E-state index >= 15 is 0 Å². The molecule has 1 amide bonds. The zero-order valence-electron chi connectivity index (χ0n) is 15.7. The van der Waals surface area contributed by atoms with Crippen molar-refractivity contribution in [2.45, 2.75) is 13.5 Å². The molecule has 0 saturated heterocycles. The van der Waals surface area contributed by atoms with E-state index in [0.717, 1.165) is 10.9 Å². The van der Waals surface area contributed by atoms with Gasteiger partial charge < -0.3 is 10.1 Å². The summed E-state index contributed by atoms with van der Waals surface area (Å²) in [5.41, 5.74) is 2.69. The molecule has 0 unspecified atom stereocenters. The fourth-order valence-corrected chi connectivity index (χ4v) is 3.01. The van der Waals surface area contributed by atoms with Gasteiger partial charge in [0.25, 0.3) is 5.91 Å². The van der Waals surface area contributed by atoms with Gasteiger partial charge in [0.1, 0.15) is 11.6 Å². The maximum atomic E-state index is 13.4. The Bertz CT molecular complexity index is 1190. The lowest BCUT2D eigenvalue weighted by atomic mass is 10.1. The molecule has 0 radical (unpaired) electrons. The van der Waals surface area contributed by atoms with Crippen LogP contribution in [0.15, 0.2) is 72.9 Å². The summed E-state index contributed by atoms with van der Waals surface area (Å²) in [4.78, 5) is 21.4. The van der Waals surface area contributed by atoms with Crippen molar-refractivity contribution in [3.63, 3.8) is 0 Å². The number of para-hydroxylation sites is 1. The molecule has 144 valence electrons. The second-order valence-corrected chi connectivity index (χ2v) is 6.52. The molecule has 2 aromatic heterocycles. The molecule has 2 heterocycles. The van der Waals surface area contributed by atoms with E-state index in [1.54, 1.807) is 30.5 Å². The quantitative estimate of drug-likeness (QED) is 0.534. The zero-order valence-corrected chi connectivity index (χ0v) is 15.7. The first kappa shape index (κ1) is 18.6. The Morgan fingerprint density at radius 2 is 1.93 bits per heavy atom. The monoisotopic (exact) mass is 387 g/mol. The largest absolute Gasteiger partial charge is 0.439 e. The number of rotatable bonds is 5. The van der Waals surface area contributed by atoms with Crippen LogP contribution in [0.5, 0.6) is 11.6 Å². The average molecular weight is 387 g/mol. The Labute approximate surface area is 167 Å². The first-order valence-corrected chi connectivity index (χ1v) is 9.12. The van der Waals surface area contributed by atoms with Crippen molar-refractivity contribution in [1.82, 2.24) is 15.3 Å². The van der Waals surface area contributed by atoms with Crippen molar-refractivity contribution in [2.24, 2.45) is 0 Å². The number of carbonyl (C=O) groups excluding carboxylic acids is 1. The van der Waals surface area contributed by atoms with Crippen molar-refractivity contribution in [2.75, 3.05) is 0 Å². The summed E-state index contributed by atoms with van der Waals surface area (Å²) >= 11 is 0. The van der Waals surface area contributed by atoms with E-state index in [1.807, 2.05) is 37.3 Å². The highest BCUT2D eigenvalue weighted by Crippen LogP contribution is 2.23. The summed E-state index contributed by atoms with van der Waals surface area (Å²) in [6.45, 7) is 2.02. The van der Waals surface area contributed by atoms with Gasteiger partial charge in [0.05, 0.1) is 16.8 Å². The number of nitrogens with one attached hydrogen (secondary N) is 1. The lowest BCUT2D eigenvalue weighted by Crippen LogP contribution is -2.24. The molecule has 0 atom stereocenters. The Morgan fingerprint density at radius 1 is 1.07 bits per heavy atom. The number of hydrogen-bond donors (Lipinski definition) is 1. The van der Waals surface area contributed by atoms with E-state index in [9.17, 15) is 9.18 Å². The third-order valence-electron chi connectivity index (χ3n) is 4.46. The van der Waals surface area contributed by atoms with Crippen LogP contribution in [-0.2, 0) is 6.54 Å². The van der Waals surface area contributed by atoms with Crippen LogP contribution in [0.25, 0.3) is 10.9 Å². The number of aromatic nitrogens is 2. The highest BCUT2D eigenvalue weighted by molar-refractivity contribution is 5.98. The van der Waals surface area contributed by atoms with Gasteiger partial charge in [0.2, 0.25) is 5.88 Å². The van der Waals surface area contributed by atoms with E-state index in [4.69, 9.17) is 4.74 Å². The van der Waals surface area contributed by atoms with Crippen LogP contribution in [0.4, 0.5) is 4.39 Å². The number of hydrogen-bond acceptors (Lipinski definition) is 4. The normalized spacial score (nSPS) is 10.7. The molecule has 0 aliphatic carbocycles. The van der Waals surface area contributed by atoms with Crippen LogP contribution < -0.4 is 10.1 Å². The second-order valence-electron chi connectivity index (χ2n) is 6.52. The van der Waals surface area contributed by atoms with Crippen molar-refractivity contribution in [1.29, 1.82) is 0 Å². The van der Waals surface area contributed by atoms with Crippen molar-refractivity contribution in [3.8, 4) is 11.6 Å². The first-order valence-electron chi connectivity index (χ1n) is 9.12. The maximum Gasteiger partial charge on any atom is 0.253 e. The van der Waals surface area contributed by atoms with Crippen LogP contribution in [0.1, 0.15) is 21.6 Å². The van der Waals surface area contributed by atoms with Gasteiger partial charge in [0, 0.05) is 29.8 Å². The standard InChI is InChI=1S/C23H18FN3O2/c1-15-20(12-16-6-2-3-10-21(16)27-15)22(28)26-14-17-7-5-11-25-23(17)29-19-9-4-8-18(24)13-19/h2-13H,14H2,1H3,(H,26,28). The Balaban J connectivity index is 1.52. The molecule has 0 aliphatic rings. The Hall–Kier alpha value is -3.80. The third-order valence-corrected chi connectivity index (χ3v) is 4.46. The summed E-state index contributed by atoms with van der Waals surface area (Å²) in [7, 11) is 0. The molecule has 6 heteroatoms. The van der Waals surface area contributed by atoms with E-state index in [1.165, 1.54) is 12.1 Å². The van der Waals surface area contributed by atoms with Gasteiger partial charge in [-0.3, -0.25) is 9.78 Å². The Morgan fingerprint density at radius 3 is 2.79 bits per heavy atom. The van der Waals surface area contributed by atoms with E-state index in [-0.39, 0.29) is 12.5 Å². The zero-order chi connectivity index (χ0) is 20.2. The maximum absolute atomic E-state index is 13.4. The predicted octanol–water partition coefficient (Wildman–Crippen LogP) is 4.80. The number of amides is 1. The fourth-order valence-electron chi connectivity index (χ4n) is 3.01. The number of ether oxygens (including phenoxy) is 1. The number of benzene rings is 2. The van der Waals surface area contributed by atoms with Gasteiger partial charge in [-0.2, -0.15) is 0 Å². The van der Waals surface area contributed by atoms with Gasteiger partial charge in [-0.25, -0.2) is 9.37 Å². The molecule has 4 rings (SSSR count). The first-order chi connectivity index (χ1) is 14.1. The fraction of sp³-hybridized carbons (Fsp3) is 0.0870. The van der Waals surface area contributed by atoms with Crippen molar-refractivity contribution >= 4 is 16.8 Å². The molecule has 2 aromatic carbocycles. The molecular weight excluding hydrogens is 369 g/mol. The molecule has 0 fully saturated rings. The number of fused-ring (bicyclic) bond motifs is 1. The van der Waals surface area contributed by atoms with Gasteiger partial charge in [0.15, 0.2) is 0 Å². The SMILES string of the molecule is Cc1nc2ccccc2cc1C(=O)NCc1cccnc1Oc1cccc(F)c1. The molecule has 5 nitrogen and oxygen atoms in total. The van der Waals surface area contributed by atoms with Crippen molar-refractivity contribution < 1.29 is 13.9 Å². The molecule has 4 aromatic rings. The molecule has 0 aliphatic heterocycles. The topological polar surface area (TPSA) is 64.1 Å². The summed E-state index contributed by atoms with van der Waals surface area (Å²) < 4.78 is 19.1. The minimum atomic E-state index is -0.396. The average Bonchev–Trinajstić information content (AvgIpc) is 2.72. The molecule has 0 spiro atoms. The van der Waals surface area contributed by atoms with E-state index in [0.29, 0.717) is 28.5 Å². The number of nitrogens with zero attached hydrogens (tertiary/aromatic N) is 2. The number of pyridine rings is 2. The molecule has 0 bridgehead atoms. The minimum absolute atomic E-state index is 0.212. The smallest absolute Gasteiger partial charge is 0.253 e. The summed E-state index contributed by atoms with van der Waals surface area (Å²) in [5.74, 6) is 0.0199. The van der Waals surface area contributed by atoms with Gasteiger partial charge in [-0.05, 0) is 37.3 Å². The van der Waals surface area contributed by atoms with Gasteiger partial charge >= 0.3 is 0 Å². The number of aryl methyl sites for hydroxylation is 1. The summed E-state index contributed by atoms with van der Waals surface area (Å²) in [6.07, 6.45) is 1.58. The summed E-state index contributed by atoms with van der Waals surface area (Å²) in [6, 6.07) is 18.9. The minimum Gasteiger partial charge on any atom is -0.439 e. The molecule has 29 heavy (non-hydrogen) atoms. The highest BCUT2D eigenvalue weighted by Gasteiger charge is 2.13. The Kier molecular flexibility index (Phi) is 5.16. The molecule has 1 N–H and O–H groups in total. The van der Waals surface area contributed by atoms with Crippen LogP contribution in [0.2, 0.25) is 0 Å². The molecular formula is C23H18FN3O2. The molecule has 0 saturated carbocycles. The van der Waals surface area contributed by atoms with Crippen LogP contribution in [0.3, 0.4) is 0 Å². The summed E-state index contributed by atoms with van der Waals surface area (Å²) in [5, 5.41) is 3.79. The van der Waals surface area contributed by atoms with E-state index < -0.39 is 5.82 Å². The van der Waals surface area contributed by atoms with Crippen LogP contribution in [-0.4, -0.2) is 15.9 Å². The third kappa shape index (κ3) is 4.21.